The summed E-state index contributed by atoms with van der Waals surface area (Å²) in [4.78, 5) is 12.2. The summed E-state index contributed by atoms with van der Waals surface area (Å²) < 4.78 is 38.2. The van der Waals surface area contributed by atoms with Crippen molar-refractivity contribution in [1.82, 2.24) is 0 Å². The molecular weight excluding hydrogens is 327 g/mol. The molecule has 3 rings (SSSR count). The highest BCUT2D eigenvalue weighted by Gasteiger charge is 2.30. The molecule has 0 atom stereocenters. The van der Waals surface area contributed by atoms with Gasteiger partial charge in [-0.15, -0.1) is 0 Å². The normalized spacial score (nSPS) is 15.1. The molecule has 0 heterocycles. The number of carbonyl (C=O) groups is 1. The van der Waals surface area contributed by atoms with Gasteiger partial charge in [0, 0.05) is 23.4 Å². The van der Waals surface area contributed by atoms with Crippen LogP contribution in [0.3, 0.4) is 0 Å². The summed E-state index contributed by atoms with van der Waals surface area (Å²) in [6.07, 6.45) is -1.13. The molecule has 0 aromatic heterocycles. The number of alkyl halides is 3. The van der Waals surface area contributed by atoms with Crippen molar-refractivity contribution in [1.29, 1.82) is 0 Å². The SMILES string of the molecule is Cc1ccc(N/C(=C/C(=O)C2CC2)c2ccc(C(F)(F)F)cc2)cc1. The number of ketones is 1. The van der Waals surface area contributed by atoms with Gasteiger partial charge < -0.3 is 5.32 Å². The minimum Gasteiger partial charge on any atom is -0.355 e. The van der Waals surface area contributed by atoms with Crippen LogP contribution in [0, 0.1) is 12.8 Å². The number of carbonyl (C=O) groups excluding carboxylic acids is 1. The van der Waals surface area contributed by atoms with E-state index in [1.165, 1.54) is 18.2 Å². The van der Waals surface area contributed by atoms with Gasteiger partial charge in [-0.05, 0) is 49.6 Å². The molecule has 0 aliphatic heterocycles. The molecule has 1 aliphatic rings. The van der Waals surface area contributed by atoms with E-state index in [2.05, 4.69) is 5.32 Å². The molecule has 2 aromatic carbocycles. The van der Waals surface area contributed by atoms with E-state index >= 15 is 0 Å². The molecule has 0 radical (unpaired) electrons. The zero-order valence-electron chi connectivity index (χ0n) is 13.7. The highest BCUT2D eigenvalue weighted by molar-refractivity contribution is 6.01. The standard InChI is InChI=1S/C20H18F3NO/c1-13-2-10-17(11-3-13)24-18(12-19(25)15-4-5-15)14-6-8-16(9-7-14)20(21,22)23/h2-3,6-12,15,24H,4-5H2,1H3/b18-12+. The number of anilines is 1. The van der Waals surface area contributed by atoms with E-state index in [9.17, 15) is 18.0 Å². The molecule has 130 valence electrons. The van der Waals surface area contributed by atoms with Crippen molar-refractivity contribution >= 4 is 17.2 Å². The quantitative estimate of drug-likeness (QED) is 0.731. The summed E-state index contributed by atoms with van der Waals surface area (Å²) in [5.74, 6) is 0.0544. The lowest BCUT2D eigenvalue weighted by Gasteiger charge is -2.13. The Hall–Kier alpha value is -2.56. The summed E-state index contributed by atoms with van der Waals surface area (Å²) in [5, 5.41) is 3.15. The summed E-state index contributed by atoms with van der Waals surface area (Å²) in [6.45, 7) is 1.97. The zero-order valence-corrected chi connectivity index (χ0v) is 13.7. The Morgan fingerprint density at radius 1 is 1.04 bits per heavy atom. The molecule has 1 saturated carbocycles. The molecular formula is C20H18F3NO. The zero-order chi connectivity index (χ0) is 18.0. The Balaban J connectivity index is 1.90. The Bertz CT molecular complexity index is 785. The van der Waals surface area contributed by atoms with Crippen LogP contribution in [0.4, 0.5) is 18.9 Å². The lowest BCUT2D eigenvalue weighted by Crippen LogP contribution is -2.07. The van der Waals surface area contributed by atoms with Crippen molar-refractivity contribution in [3.63, 3.8) is 0 Å². The van der Waals surface area contributed by atoms with Gasteiger partial charge in [-0.25, -0.2) is 0 Å². The van der Waals surface area contributed by atoms with E-state index in [1.54, 1.807) is 0 Å². The minimum absolute atomic E-state index is 0.00881. The lowest BCUT2D eigenvalue weighted by atomic mass is 10.1. The second-order valence-electron chi connectivity index (χ2n) is 6.30. The number of nitrogens with one attached hydrogen (secondary N) is 1. The molecule has 1 N–H and O–H groups in total. The first-order valence-electron chi connectivity index (χ1n) is 8.10. The van der Waals surface area contributed by atoms with Gasteiger partial charge >= 0.3 is 6.18 Å². The molecule has 25 heavy (non-hydrogen) atoms. The first-order valence-corrected chi connectivity index (χ1v) is 8.10. The highest BCUT2D eigenvalue weighted by atomic mass is 19.4. The van der Waals surface area contributed by atoms with Crippen molar-refractivity contribution in [3.05, 3.63) is 71.3 Å². The minimum atomic E-state index is -4.38. The second-order valence-corrected chi connectivity index (χ2v) is 6.30. The molecule has 0 saturated heterocycles. The number of aryl methyl sites for hydroxylation is 1. The third-order valence-corrected chi connectivity index (χ3v) is 4.12. The van der Waals surface area contributed by atoms with E-state index < -0.39 is 11.7 Å². The third kappa shape index (κ3) is 4.50. The maximum absolute atomic E-state index is 12.7. The second kappa shape index (κ2) is 6.75. The number of hydrogen-bond acceptors (Lipinski definition) is 2. The first-order chi connectivity index (χ1) is 11.8. The van der Waals surface area contributed by atoms with Crippen molar-refractivity contribution < 1.29 is 18.0 Å². The molecule has 2 nitrogen and oxygen atoms in total. The van der Waals surface area contributed by atoms with Crippen LogP contribution in [-0.2, 0) is 11.0 Å². The van der Waals surface area contributed by atoms with Gasteiger partial charge in [0.05, 0.1) is 5.56 Å². The Kier molecular flexibility index (Phi) is 4.66. The van der Waals surface area contributed by atoms with E-state index in [0.717, 1.165) is 36.2 Å². The van der Waals surface area contributed by atoms with Gasteiger partial charge in [0.1, 0.15) is 0 Å². The molecule has 1 fully saturated rings. The Labute approximate surface area is 144 Å². The van der Waals surface area contributed by atoms with Gasteiger partial charge in [-0.2, -0.15) is 13.2 Å². The summed E-state index contributed by atoms with van der Waals surface area (Å²) >= 11 is 0. The molecule has 0 amide bonds. The van der Waals surface area contributed by atoms with Gasteiger partial charge in [0.2, 0.25) is 0 Å². The van der Waals surface area contributed by atoms with Gasteiger partial charge in [-0.3, -0.25) is 4.79 Å². The molecule has 0 bridgehead atoms. The summed E-state index contributed by atoms with van der Waals surface area (Å²) in [7, 11) is 0. The molecule has 5 heteroatoms. The fourth-order valence-electron chi connectivity index (χ4n) is 2.45. The van der Waals surface area contributed by atoms with Crippen LogP contribution >= 0.6 is 0 Å². The number of halogens is 3. The van der Waals surface area contributed by atoms with Gasteiger partial charge in [-0.1, -0.05) is 29.8 Å². The first kappa shape index (κ1) is 17.3. The van der Waals surface area contributed by atoms with E-state index in [-0.39, 0.29) is 11.7 Å². The summed E-state index contributed by atoms with van der Waals surface area (Å²) in [6, 6.07) is 12.4. The van der Waals surface area contributed by atoms with Crippen LogP contribution < -0.4 is 5.32 Å². The Morgan fingerprint density at radius 3 is 2.16 bits per heavy atom. The topological polar surface area (TPSA) is 29.1 Å². The van der Waals surface area contributed by atoms with Crippen molar-refractivity contribution in [2.24, 2.45) is 5.92 Å². The fraction of sp³-hybridized carbons (Fsp3) is 0.250. The number of allylic oxidation sites excluding steroid dienone is 1. The monoisotopic (exact) mass is 345 g/mol. The van der Waals surface area contributed by atoms with Crippen molar-refractivity contribution in [2.75, 3.05) is 5.32 Å². The predicted molar refractivity (Wildman–Crippen MR) is 92.0 cm³/mol. The van der Waals surface area contributed by atoms with Gasteiger partial charge in [0.25, 0.3) is 0 Å². The Morgan fingerprint density at radius 2 is 1.64 bits per heavy atom. The van der Waals surface area contributed by atoms with Crippen molar-refractivity contribution in [2.45, 2.75) is 25.9 Å². The molecule has 0 unspecified atom stereocenters. The van der Waals surface area contributed by atoms with Crippen LogP contribution in [0.25, 0.3) is 5.70 Å². The summed E-state index contributed by atoms with van der Waals surface area (Å²) in [5.41, 5.74) is 2.22. The number of rotatable bonds is 5. The average molecular weight is 345 g/mol. The maximum atomic E-state index is 12.7. The van der Waals surface area contributed by atoms with Crippen molar-refractivity contribution in [3.8, 4) is 0 Å². The number of benzene rings is 2. The van der Waals surface area contributed by atoms with Crippen LogP contribution in [0.15, 0.2) is 54.6 Å². The van der Waals surface area contributed by atoms with Crippen LogP contribution in [0.5, 0.6) is 0 Å². The fourth-order valence-corrected chi connectivity index (χ4v) is 2.45. The van der Waals surface area contributed by atoms with Crippen LogP contribution in [0.1, 0.15) is 29.5 Å². The van der Waals surface area contributed by atoms with Gasteiger partial charge in [0.15, 0.2) is 5.78 Å². The maximum Gasteiger partial charge on any atom is 0.416 e. The smallest absolute Gasteiger partial charge is 0.355 e. The van der Waals surface area contributed by atoms with E-state index in [1.807, 2.05) is 31.2 Å². The molecule has 2 aromatic rings. The van der Waals surface area contributed by atoms with E-state index in [0.29, 0.717) is 11.3 Å². The largest absolute Gasteiger partial charge is 0.416 e. The number of hydrogen-bond donors (Lipinski definition) is 1. The third-order valence-electron chi connectivity index (χ3n) is 4.12. The lowest BCUT2D eigenvalue weighted by molar-refractivity contribution is -0.137. The predicted octanol–water partition coefficient (Wildman–Crippen LogP) is 5.45. The average Bonchev–Trinajstić information content (AvgIpc) is 3.40. The van der Waals surface area contributed by atoms with E-state index in [4.69, 9.17) is 0 Å². The van der Waals surface area contributed by atoms with Crippen LogP contribution in [-0.4, -0.2) is 5.78 Å². The highest BCUT2D eigenvalue weighted by Crippen LogP contribution is 2.33. The molecule has 0 spiro atoms. The van der Waals surface area contributed by atoms with Crippen LogP contribution in [0.2, 0.25) is 0 Å². The molecule has 1 aliphatic carbocycles.